The number of halogens is 4. The number of carbonyl (C=O) groups is 7. The first-order valence-electron chi connectivity index (χ1n) is 27.5. The van der Waals surface area contributed by atoms with Crippen molar-refractivity contribution in [2.75, 3.05) is 0 Å². The molecule has 0 amide bonds. The van der Waals surface area contributed by atoms with Crippen LogP contribution in [0.5, 0.6) is 0 Å². The highest BCUT2D eigenvalue weighted by Gasteiger charge is 2.30. The predicted octanol–water partition coefficient (Wildman–Crippen LogP) is 15.4. The third-order valence-corrected chi connectivity index (χ3v) is 15.0. The second kappa shape index (κ2) is 29.0. The van der Waals surface area contributed by atoms with Crippen LogP contribution in [0.4, 0.5) is 13.2 Å². The van der Waals surface area contributed by atoms with Gasteiger partial charge < -0.3 is 40.4 Å². The van der Waals surface area contributed by atoms with Crippen molar-refractivity contribution in [1.82, 2.24) is 19.9 Å². The number of nitrogens with one attached hydrogen (secondary N) is 4. The van der Waals surface area contributed by atoms with Gasteiger partial charge in [-0.2, -0.15) is 0 Å². The van der Waals surface area contributed by atoms with Crippen molar-refractivity contribution >= 4 is 96.4 Å². The lowest BCUT2D eigenvalue weighted by molar-refractivity contribution is -0.139. The number of aliphatic carboxylic acids is 4. The van der Waals surface area contributed by atoms with Gasteiger partial charge >= 0.3 is 23.9 Å². The van der Waals surface area contributed by atoms with Crippen molar-refractivity contribution in [2.24, 2.45) is 0 Å². The number of benzene rings is 7. The molecule has 4 unspecified atom stereocenters. The normalized spacial score (nSPS) is 12.3. The molecule has 19 heteroatoms. The second-order valence-corrected chi connectivity index (χ2v) is 20.8. The lowest BCUT2D eigenvalue weighted by atomic mass is 9.91. The fourth-order valence-electron chi connectivity index (χ4n) is 10.2. The number of H-pyrrole nitrogens is 4. The molecule has 0 spiro atoms. The number of fused-ring (bicyclic) bond motifs is 4. The number of unbranched alkanes of at least 4 members (excludes halogenated alkanes) is 1. The number of Topliss-reactive ketones (excluding diaryl/α,β-unsaturated/α-hetero) is 3. The fraction of sp³-hybridized carbons (Fsp3) is 0.162. The number of aromatic amines is 4. The SMILES string of the molecule is CCCCC(C(=O)O)c1c[nH]c2ccccc12.O=C(CC(C(=O)O)c1c[nH]c2ccccc12)c1ccc(Cl)cc1.O=C(CC(C(=O)O)c1c[nH]c2ccccc12)c1ccc(F)cc1.O=C(CC(C(=O)O)c1c[nH]c2ccccc12)c1ccc(F)cc1F. The molecule has 8 N–H and O–H groups in total. The van der Waals surface area contributed by atoms with Crippen LogP contribution in [0.25, 0.3) is 43.6 Å². The average Bonchev–Trinajstić information content (AvgIpc) is 2.55. The van der Waals surface area contributed by atoms with E-state index in [0.29, 0.717) is 50.7 Å². The van der Waals surface area contributed by atoms with Gasteiger partial charge in [-0.25, -0.2) is 13.2 Å². The molecule has 0 saturated heterocycles. The fourth-order valence-corrected chi connectivity index (χ4v) is 10.4. The highest BCUT2D eigenvalue weighted by atomic mass is 35.5. The summed E-state index contributed by atoms with van der Waals surface area (Å²) in [5.41, 5.74) is 6.43. The zero-order valence-corrected chi connectivity index (χ0v) is 47.4. The van der Waals surface area contributed by atoms with E-state index in [-0.39, 0.29) is 30.0 Å². The van der Waals surface area contributed by atoms with Crippen molar-refractivity contribution in [3.8, 4) is 0 Å². The topological polar surface area (TPSA) is 264 Å². The van der Waals surface area contributed by atoms with Crippen LogP contribution in [0.3, 0.4) is 0 Å². The number of aromatic nitrogens is 4. The molecule has 87 heavy (non-hydrogen) atoms. The van der Waals surface area contributed by atoms with Gasteiger partial charge in [0.1, 0.15) is 17.5 Å². The van der Waals surface area contributed by atoms with E-state index in [9.17, 15) is 67.2 Å². The van der Waals surface area contributed by atoms with E-state index < -0.39 is 77.2 Å². The van der Waals surface area contributed by atoms with Gasteiger partial charge in [-0.3, -0.25) is 33.6 Å². The van der Waals surface area contributed by atoms with E-state index in [1.54, 1.807) is 60.9 Å². The zero-order valence-electron chi connectivity index (χ0n) is 46.6. The van der Waals surface area contributed by atoms with Crippen molar-refractivity contribution < 1.29 is 67.2 Å². The lowest BCUT2D eigenvalue weighted by Gasteiger charge is -2.11. The summed E-state index contributed by atoms with van der Waals surface area (Å²) in [6.45, 7) is 2.08. The minimum absolute atomic E-state index is 0.0984. The monoisotopic (exact) mass is 1200 g/mol. The predicted molar refractivity (Wildman–Crippen MR) is 325 cm³/mol. The molecule has 7 aromatic carbocycles. The van der Waals surface area contributed by atoms with Crippen LogP contribution in [0.2, 0.25) is 5.02 Å². The Morgan fingerprint density at radius 2 is 0.736 bits per heavy atom. The minimum Gasteiger partial charge on any atom is -0.481 e. The van der Waals surface area contributed by atoms with Crippen molar-refractivity contribution in [3.63, 3.8) is 0 Å². The number of rotatable bonds is 20. The largest absolute Gasteiger partial charge is 0.481 e. The maximum absolute atomic E-state index is 13.7. The first-order valence-corrected chi connectivity index (χ1v) is 27.9. The van der Waals surface area contributed by atoms with E-state index in [0.717, 1.165) is 68.8 Å². The second-order valence-electron chi connectivity index (χ2n) is 20.4. The van der Waals surface area contributed by atoms with Crippen LogP contribution < -0.4 is 0 Å². The maximum Gasteiger partial charge on any atom is 0.311 e. The van der Waals surface area contributed by atoms with Gasteiger partial charge in [-0.05, 0) is 114 Å². The number of carbonyl (C=O) groups excluding carboxylic acids is 3. The van der Waals surface area contributed by atoms with Crippen molar-refractivity contribution in [2.45, 2.75) is 69.1 Å². The molecule has 4 atom stereocenters. The first-order chi connectivity index (χ1) is 41.8. The van der Waals surface area contributed by atoms with Gasteiger partial charge in [-0.1, -0.05) is 104 Å². The third-order valence-electron chi connectivity index (χ3n) is 14.8. The lowest BCUT2D eigenvalue weighted by Crippen LogP contribution is -2.17. The molecule has 4 heterocycles. The molecule has 0 radical (unpaired) electrons. The Morgan fingerprint density at radius 1 is 0.414 bits per heavy atom. The van der Waals surface area contributed by atoms with E-state index >= 15 is 0 Å². The molecule has 0 aliphatic rings. The Labute approximate surface area is 500 Å². The maximum atomic E-state index is 13.7. The summed E-state index contributed by atoms with van der Waals surface area (Å²) in [5, 5.41) is 41.7. The standard InChI is InChI=1S/C18H14ClNO3.C18H13F2NO3.C18H14FNO3.C14H17NO2/c19-12-7-5-11(6-8-12)17(21)9-14(18(22)23)15-10-20-16-4-2-1-3-13(15)16;19-10-5-6-12(15(20)7-10)17(22)8-13(18(23)24)14-9-21-16-4-2-1-3-11(14)16;19-12-7-5-11(6-8-12)17(21)9-14(18(22)23)15-10-20-16-4-2-1-3-13(15)16;1-2-3-6-11(14(16)17)12-9-15-13-8-5-4-7-10(12)13/h1-8,10,14,20H,9H2,(H,22,23);1-7,9,13,21H,8H2,(H,23,24);1-8,10,14,20H,9H2,(H,22,23);4-5,7-9,11,15H,2-3,6H2,1H3,(H,16,17). The molecule has 0 fully saturated rings. The molecule has 0 aliphatic heterocycles. The summed E-state index contributed by atoms with van der Waals surface area (Å²) < 4.78 is 39.6. The molecule has 444 valence electrons. The van der Waals surface area contributed by atoms with Gasteiger partial charge in [-0.15, -0.1) is 0 Å². The molecule has 0 saturated carbocycles. The summed E-state index contributed by atoms with van der Waals surface area (Å²) in [7, 11) is 0. The van der Waals surface area contributed by atoms with Gasteiger partial charge in [0.2, 0.25) is 0 Å². The molecule has 11 rings (SSSR count). The molecule has 0 bridgehead atoms. The van der Waals surface area contributed by atoms with Gasteiger partial charge in [0.05, 0.1) is 29.2 Å². The smallest absolute Gasteiger partial charge is 0.311 e. The highest BCUT2D eigenvalue weighted by Crippen LogP contribution is 2.34. The van der Waals surface area contributed by atoms with Gasteiger partial charge in [0, 0.05) is 110 Å². The first kappa shape index (κ1) is 62.7. The van der Waals surface area contributed by atoms with Crippen LogP contribution in [-0.4, -0.2) is 81.6 Å². The van der Waals surface area contributed by atoms with Gasteiger partial charge in [0.25, 0.3) is 0 Å². The van der Waals surface area contributed by atoms with Crippen molar-refractivity contribution in [3.05, 3.63) is 250 Å². The Hall–Kier alpha value is -10.3. The minimum atomic E-state index is -1.18. The Balaban J connectivity index is 0.000000152. The molecule has 4 aromatic heterocycles. The summed E-state index contributed by atoms with van der Waals surface area (Å²) in [6, 6.07) is 43.9. The zero-order chi connectivity index (χ0) is 62.3. The number of hydrogen-bond acceptors (Lipinski definition) is 7. The van der Waals surface area contributed by atoms with Crippen LogP contribution in [0.15, 0.2) is 189 Å². The quantitative estimate of drug-likeness (QED) is 0.0333. The van der Waals surface area contributed by atoms with Crippen LogP contribution in [0.1, 0.15) is 122 Å². The van der Waals surface area contributed by atoms with Gasteiger partial charge in [0.15, 0.2) is 17.3 Å². The summed E-state index contributed by atoms with van der Waals surface area (Å²) in [5.74, 6) is -10.8. The number of para-hydroxylation sites is 4. The van der Waals surface area contributed by atoms with Crippen LogP contribution >= 0.6 is 11.6 Å². The van der Waals surface area contributed by atoms with E-state index in [4.69, 9.17) is 11.6 Å². The number of carboxylic acid groups (broad SMARTS) is 4. The van der Waals surface area contributed by atoms with Crippen LogP contribution in [0, 0.1) is 17.5 Å². The molecular formula is C68H58ClF3N4O11. The third kappa shape index (κ3) is 15.5. The summed E-state index contributed by atoms with van der Waals surface area (Å²) >= 11 is 5.81. The number of hydrogen-bond donors (Lipinski definition) is 8. The molecule has 15 nitrogen and oxygen atoms in total. The van der Waals surface area contributed by atoms with Crippen LogP contribution in [-0.2, 0) is 19.2 Å². The summed E-state index contributed by atoms with van der Waals surface area (Å²) in [4.78, 5) is 95.4. The number of ketones is 3. The summed E-state index contributed by atoms with van der Waals surface area (Å²) in [6.07, 6.45) is 8.63. The Kier molecular flexibility index (Phi) is 20.9. The van der Waals surface area contributed by atoms with E-state index in [1.165, 1.54) is 30.5 Å². The average molecular weight is 1200 g/mol. The number of carboxylic acids is 4. The Morgan fingerprint density at radius 3 is 1.08 bits per heavy atom. The highest BCUT2D eigenvalue weighted by molar-refractivity contribution is 6.30. The van der Waals surface area contributed by atoms with Crippen molar-refractivity contribution in [1.29, 1.82) is 0 Å². The molecule has 0 aliphatic carbocycles. The van der Waals surface area contributed by atoms with E-state index in [2.05, 4.69) is 26.9 Å². The Bertz CT molecular complexity index is 4120. The molecule has 11 aromatic rings. The van der Waals surface area contributed by atoms with E-state index in [1.807, 2.05) is 79.0 Å². The molecular weight excluding hydrogens is 1140 g/mol.